The van der Waals surface area contributed by atoms with E-state index < -0.39 is 0 Å². The summed E-state index contributed by atoms with van der Waals surface area (Å²) in [5, 5.41) is 19.2. The molecule has 3 heterocycles. The Morgan fingerprint density at radius 1 is 1.24 bits per heavy atom. The van der Waals surface area contributed by atoms with E-state index in [4.69, 9.17) is 9.51 Å². The predicted octanol–water partition coefficient (Wildman–Crippen LogP) is 1.53. The van der Waals surface area contributed by atoms with Gasteiger partial charge < -0.3 is 9.84 Å². The molecule has 0 saturated carbocycles. The molecule has 3 aromatic rings. The maximum Gasteiger partial charge on any atom is 0.252 e. The van der Waals surface area contributed by atoms with Gasteiger partial charge in [-0.2, -0.15) is 4.98 Å². The highest BCUT2D eigenvalue weighted by Gasteiger charge is 2.35. The lowest BCUT2D eigenvalue weighted by molar-refractivity contribution is 0.290. The third kappa shape index (κ3) is 3.30. The molecular formula is C17H21N7O. The number of hydrogen-bond donors (Lipinski definition) is 1. The molecule has 1 aromatic carbocycles. The third-order valence-electron chi connectivity index (χ3n) is 4.93. The van der Waals surface area contributed by atoms with Crippen LogP contribution in [0.1, 0.15) is 43.1 Å². The van der Waals surface area contributed by atoms with E-state index in [-0.39, 0.29) is 11.5 Å². The molecule has 0 radical (unpaired) electrons. The Morgan fingerprint density at radius 2 is 2.04 bits per heavy atom. The molecule has 1 fully saturated rings. The van der Waals surface area contributed by atoms with Gasteiger partial charge in [0.05, 0.1) is 0 Å². The van der Waals surface area contributed by atoms with E-state index in [2.05, 4.69) is 45.1 Å². The summed E-state index contributed by atoms with van der Waals surface area (Å²) < 4.78 is 7.32. The molecule has 0 bridgehead atoms. The molecular weight excluding hydrogens is 318 g/mol. The molecule has 1 unspecified atom stereocenters. The van der Waals surface area contributed by atoms with Gasteiger partial charge in [0.2, 0.25) is 0 Å². The summed E-state index contributed by atoms with van der Waals surface area (Å²) in [4.78, 5) is 4.74. The lowest BCUT2D eigenvalue weighted by Crippen LogP contribution is -2.38. The minimum absolute atomic E-state index is 0.0507. The van der Waals surface area contributed by atoms with Gasteiger partial charge in [0.15, 0.2) is 5.82 Å². The molecule has 2 aromatic heterocycles. The van der Waals surface area contributed by atoms with Gasteiger partial charge in [0.1, 0.15) is 12.4 Å². The van der Waals surface area contributed by atoms with Gasteiger partial charge in [-0.05, 0) is 41.9 Å². The second-order valence-corrected chi connectivity index (χ2v) is 6.76. The van der Waals surface area contributed by atoms with Crippen LogP contribution in [-0.4, -0.2) is 43.4 Å². The summed E-state index contributed by atoms with van der Waals surface area (Å²) in [7, 11) is 0. The molecule has 4 rings (SSSR count). The fraction of sp³-hybridized carbons (Fsp3) is 0.471. The molecule has 1 N–H and O–H groups in total. The molecule has 0 spiro atoms. The second-order valence-electron chi connectivity index (χ2n) is 6.76. The normalized spacial score (nSPS) is 18.1. The fourth-order valence-corrected chi connectivity index (χ4v) is 3.26. The van der Waals surface area contributed by atoms with Crippen molar-refractivity contribution in [2.24, 2.45) is 0 Å². The zero-order valence-corrected chi connectivity index (χ0v) is 14.2. The van der Waals surface area contributed by atoms with Gasteiger partial charge >= 0.3 is 0 Å². The Morgan fingerprint density at radius 3 is 2.76 bits per heavy atom. The maximum absolute atomic E-state index is 5.64. The first kappa shape index (κ1) is 15.9. The number of aromatic nitrogens is 6. The topological polar surface area (TPSA) is 94.5 Å². The smallest absolute Gasteiger partial charge is 0.252 e. The zero-order chi connectivity index (χ0) is 17.1. The SMILES string of the molecule is CC1(c2noc(C(Cc3ccccc3)n3cnnn3)n2)CCNCC1. The van der Waals surface area contributed by atoms with Gasteiger partial charge in [-0.3, -0.25) is 0 Å². The van der Waals surface area contributed by atoms with Crippen molar-refractivity contribution in [2.75, 3.05) is 13.1 Å². The maximum atomic E-state index is 5.64. The number of hydrogen-bond acceptors (Lipinski definition) is 7. The first-order valence-electron chi connectivity index (χ1n) is 8.56. The van der Waals surface area contributed by atoms with Crippen LogP contribution in [0.25, 0.3) is 0 Å². The molecule has 25 heavy (non-hydrogen) atoms. The highest BCUT2D eigenvalue weighted by molar-refractivity contribution is 5.18. The Labute approximate surface area is 145 Å². The van der Waals surface area contributed by atoms with E-state index in [1.54, 1.807) is 11.0 Å². The molecule has 0 aliphatic carbocycles. The van der Waals surface area contributed by atoms with Gasteiger partial charge in [-0.25, -0.2) is 4.68 Å². The minimum atomic E-state index is -0.219. The van der Waals surface area contributed by atoms with Crippen molar-refractivity contribution < 1.29 is 4.52 Å². The molecule has 1 saturated heterocycles. The van der Waals surface area contributed by atoms with Crippen molar-refractivity contribution in [2.45, 2.75) is 37.6 Å². The van der Waals surface area contributed by atoms with Gasteiger partial charge in [-0.15, -0.1) is 5.10 Å². The Balaban J connectivity index is 1.64. The van der Waals surface area contributed by atoms with Crippen LogP contribution in [0.3, 0.4) is 0 Å². The number of piperidine rings is 1. The van der Waals surface area contributed by atoms with E-state index in [0.717, 1.165) is 37.3 Å². The van der Waals surface area contributed by atoms with E-state index in [1.807, 2.05) is 18.2 Å². The van der Waals surface area contributed by atoms with Crippen LogP contribution >= 0.6 is 0 Å². The summed E-state index contributed by atoms with van der Waals surface area (Å²) in [6, 6.07) is 9.95. The second kappa shape index (κ2) is 6.72. The minimum Gasteiger partial charge on any atom is -0.337 e. The van der Waals surface area contributed by atoms with E-state index >= 15 is 0 Å². The quantitative estimate of drug-likeness (QED) is 0.753. The van der Waals surface area contributed by atoms with Crippen LogP contribution in [0.4, 0.5) is 0 Å². The standard InChI is InChI=1S/C17H21N7O/c1-17(7-9-18-10-8-17)16-20-15(25-21-16)14(24-12-19-22-23-24)11-13-5-3-2-4-6-13/h2-6,12,14,18H,7-11H2,1H3. The van der Waals surface area contributed by atoms with Crippen LogP contribution in [0, 0.1) is 0 Å². The highest BCUT2D eigenvalue weighted by Crippen LogP contribution is 2.32. The predicted molar refractivity (Wildman–Crippen MR) is 89.9 cm³/mol. The van der Waals surface area contributed by atoms with Gasteiger partial charge in [0.25, 0.3) is 5.89 Å². The molecule has 0 amide bonds. The zero-order valence-electron chi connectivity index (χ0n) is 14.2. The van der Waals surface area contributed by atoms with E-state index in [9.17, 15) is 0 Å². The molecule has 8 heteroatoms. The fourth-order valence-electron chi connectivity index (χ4n) is 3.26. The van der Waals surface area contributed by atoms with E-state index in [1.165, 1.54) is 0 Å². The van der Waals surface area contributed by atoms with E-state index in [0.29, 0.717) is 12.3 Å². The largest absolute Gasteiger partial charge is 0.337 e. The molecule has 1 aliphatic rings. The lowest BCUT2D eigenvalue weighted by Gasteiger charge is -2.30. The average molecular weight is 339 g/mol. The monoisotopic (exact) mass is 339 g/mol. The van der Waals surface area contributed by atoms with Crippen LogP contribution < -0.4 is 5.32 Å². The summed E-state index contributed by atoms with van der Waals surface area (Å²) >= 11 is 0. The van der Waals surface area contributed by atoms with Crippen molar-refractivity contribution in [3.8, 4) is 0 Å². The Kier molecular flexibility index (Phi) is 4.27. The van der Waals surface area contributed by atoms with Crippen LogP contribution in [-0.2, 0) is 11.8 Å². The number of rotatable bonds is 5. The molecule has 1 aliphatic heterocycles. The summed E-state index contributed by atoms with van der Waals surface area (Å²) in [5.74, 6) is 1.32. The number of tetrazole rings is 1. The van der Waals surface area contributed by atoms with Crippen molar-refractivity contribution in [1.29, 1.82) is 0 Å². The lowest BCUT2D eigenvalue weighted by atomic mass is 9.80. The Hall–Kier alpha value is -2.61. The number of benzene rings is 1. The Bertz CT molecular complexity index is 794. The van der Waals surface area contributed by atoms with Crippen LogP contribution in [0.2, 0.25) is 0 Å². The summed E-state index contributed by atoms with van der Waals surface area (Å²) in [6.45, 7) is 4.15. The van der Waals surface area contributed by atoms with Crippen LogP contribution in [0.15, 0.2) is 41.2 Å². The van der Waals surface area contributed by atoms with Crippen molar-refractivity contribution >= 4 is 0 Å². The first-order chi connectivity index (χ1) is 12.2. The van der Waals surface area contributed by atoms with Crippen molar-refractivity contribution in [3.63, 3.8) is 0 Å². The first-order valence-corrected chi connectivity index (χ1v) is 8.56. The summed E-state index contributed by atoms with van der Waals surface area (Å²) in [5.41, 5.74) is 1.11. The highest BCUT2D eigenvalue weighted by atomic mass is 16.5. The molecule has 130 valence electrons. The van der Waals surface area contributed by atoms with Crippen molar-refractivity contribution in [1.82, 2.24) is 35.7 Å². The number of nitrogens with one attached hydrogen (secondary N) is 1. The third-order valence-corrected chi connectivity index (χ3v) is 4.93. The van der Waals surface area contributed by atoms with Crippen molar-refractivity contribution in [3.05, 3.63) is 53.9 Å². The number of nitrogens with zero attached hydrogens (tertiary/aromatic N) is 6. The average Bonchev–Trinajstić information content (AvgIpc) is 3.34. The molecule has 8 nitrogen and oxygen atoms in total. The van der Waals surface area contributed by atoms with Gasteiger partial charge in [-0.1, -0.05) is 42.4 Å². The van der Waals surface area contributed by atoms with Gasteiger partial charge in [0, 0.05) is 11.8 Å². The summed E-state index contributed by atoms with van der Waals surface area (Å²) in [6.07, 6.45) is 4.27. The van der Waals surface area contributed by atoms with Crippen LogP contribution in [0.5, 0.6) is 0 Å². The molecule has 1 atom stereocenters.